The van der Waals surface area contributed by atoms with Crippen molar-refractivity contribution in [1.29, 1.82) is 0 Å². The van der Waals surface area contributed by atoms with Gasteiger partial charge in [0.05, 0.1) is 35.3 Å². The molecule has 5 rings (SSSR count). The number of hydrogen-bond donors (Lipinski definition) is 1. The van der Waals surface area contributed by atoms with Gasteiger partial charge in [-0.2, -0.15) is 8.78 Å². The normalized spacial score (nSPS) is 16.6. The molecule has 14 heteroatoms. The highest BCUT2D eigenvalue weighted by Crippen LogP contribution is 2.46. The SMILES string of the molecule is CCOC(=O)c1cccc(OC(F)F)c1C1C[C@@H](NC(=O)OC(C)(C)C)c2nc3ccc(-c4cnc(C(C)(C)O[Si](C)(C)C(C)(C)C)nc4)cc3n21. The maximum absolute atomic E-state index is 13.8. The largest absolute Gasteiger partial charge is 0.462 e. The second kappa shape index (κ2) is 14.2. The van der Waals surface area contributed by atoms with Crippen LogP contribution in [0.25, 0.3) is 22.2 Å². The summed E-state index contributed by atoms with van der Waals surface area (Å²) in [5.41, 5.74) is 1.51. The molecule has 0 spiro atoms. The number of benzene rings is 2. The number of fused-ring (bicyclic) bond motifs is 3. The first kappa shape index (κ1) is 38.8. The first-order valence-electron chi connectivity index (χ1n) is 17.4. The molecular formula is C38H49F2N5O6Si. The lowest BCUT2D eigenvalue weighted by molar-refractivity contribution is -0.0508. The number of nitrogens with zero attached hydrogens (tertiary/aromatic N) is 4. The number of amides is 1. The number of carbonyl (C=O) groups excluding carboxylic acids is 2. The Morgan fingerprint density at radius 3 is 2.27 bits per heavy atom. The van der Waals surface area contributed by atoms with Crippen LogP contribution in [0, 0.1) is 0 Å². The predicted octanol–water partition coefficient (Wildman–Crippen LogP) is 9.09. The molecule has 2 aromatic carbocycles. The van der Waals surface area contributed by atoms with E-state index in [0.717, 1.165) is 11.1 Å². The van der Waals surface area contributed by atoms with Crippen LogP contribution >= 0.6 is 0 Å². The van der Waals surface area contributed by atoms with Crippen LogP contribution < -0.4 is 10.1 Å². The van der Waals surface area contributed by atoms with Gasteiger partial charge in [-0.15, -0.1) is 0 Å². The van der Waals surface area contributed by atoms with Gasteiger partial charge < -0.3 is 28.5 Å². The Labute approximate surface area is 304 Å². The van der Waals surface area contributed by atoms with Gasteiger partial charge in [-0.3, -0.25) is 0 Å². The molecule has 0 saturated heterocycles. The molecule has 4 aromatic rings. The van der Waals surface area contributed by atoms with Crippen LogP contribution in [0.3, 0.4) is 0 Å². The number of hydrogen-bond acceptors (Lipinski definition) is 9. The van der Waals surface area contributed by atoms with Gasteiger partial charge in [0.25, 0.3) is 0 Å². The summed E-state index contributed by atoms with van der Waals surface area (Å²) in [5.74, 6) is 0.149. The lowest BCUT2D eigenvalue weighted by atomic mass is 9.95. The van der Waals surface area contributed by atoms with E-state index in [9.17, 15) is 18.4 Å². The van der Waals surface area contributed by atoms with E-state index in [4.69, 9.17) is 33.6 Å². The molecule has 2 atom stereocenters. The van der Waals surface area contributed by atoms with E-state index in [-0.39, 0.29) is 34.9 Å². The van der Waals surface area contributed by atoms with Crippen molar-refractivity contribution >= 4 is 31.4 Å². The first-order chi connectivity index (χ1) is 24.1. The van der Waals surface area contributed by atoms with Crippen LogP contribution in [0.1, 0.15) is 108 Å². The number of ether oxygens (including phenoxy) is 3. The third-order valence-electron chi connectivity index (χ3n) is 9.44. The van der Waals surface area contributed by atoms with Crippen molar-refractivity contribution in [2.75, 3.05) is 6.61 Å². The number of nitrogens with one attached hydrogen (secondary N) is 1. The van der Waals surface area contributed by atoms with E-state index in [1.54, 1.807) is 40.1 Å². The number of esters is 1. The van der Waals surface area contributed by atoms with Crippen molar-refractivity contribution in [3.63, 3.8) is 0 Å². The van der Waals surface area contributed by atoms with Crippen LogP contribution in [-0.4, -0.2) is 58.7 Å². The maximum atomic E-state index is 13.8. The monoisotopic (exact) mass is 737 g/mol. The number of carbonyl (C=O) groups is 2. The van der Waals surface area contributed by atoms with Gasteiger partial charge in [-0.05, 0) is 89.5 Å². The lowest BCUT2D eigenvalue weighted by Gasteiger charge is -2.42. The summed E-state index contributed by atoms with van der Waals surface area (Å²) in [6, 6.07) is 8.54. The fraction of sp³-hybridized carbons (Fsp3) is 0.500. The molecule has 1 amide bonds. The van der Waals surface area contributed by atoms with Crippen molar-refractivity contribution in [1.82, 2.24) is 24.8 Å². The van der Waals surface area contributed by atoms with Gasteiger partial charge in [0.15, 0.2) is 14.1 Å². The van der Waals surface area contributed by atoms with Crippen molar-refractivity contribution in [3.8, 4) is 16.9 Å². The summed E-state index contributed by atoms with van der Waals surface area (Å²) in [4.78, 5) is 40.6. The van der Waals surface area contributed by atoms with E-state index in [0.29, 0.717) is 22.7 Å². The zero-order chi connectivity index (χ0) is 38.4. The average molecular weight is 738 g/mol. The average Bonchev–Trinajstić information content (AvgIpc) is 3.56. The molecule has 1 aliphatic rings. The highest BCUT2D eigenvalue weighted by atomic mass is 28.4. The fourth-order valence-electron chi connectivity index (χ4n) is 6.22. The number of halogens is 2. The summed E-state index contributed by atoms with van der Waals surface area (Å²) in [6.45, 7) is 18.7. The molecule has 0 fully saturated rings. The van der Waals surface area contributed by atoms with Crippen molar-refractivity contribution in [2.45, 2.75) is 117 Å². The van der Waals surface area contributed by atoms with Crippen molar-refractivity contribution < 1.29 is 37.0 Å². The molecule has 2 aromatic heterocycles. The summed E-state index contributed by atoms with van der Waals surface area (Å²) in [7, 11) is -2.13. The van der Waals surface area contributed by atoms with Gasteiger partial charge in [-0.25, -0.2) is 24.5 Å². The van der Waals surface area contributed by atoms with Gasteiger partial charge in [0.2, 0.25) is 0 Å². The third-order valence-corrected chi connectivity index (χ3v) is 14.1. The fourth-order valence-corrected chi connectivity index (χ4v) is 7.89. The quantitative estimate of drug-likeness (QED) is 0.125. The number of rotatable bonds is 10. The van der Waals surface area contributed by atoms with Crippen LogP contribution in [0.15, 0.2) is 48.8 Å². The van der Waals surface area contributed by atoms with E-state index in [1.165, 1.54) is 18.2 Å². The Morgan fingerprint density at radius 1 is 1.00 bits per heavy atom. The molecule has 0 aliphatic carbocycles. The predicted molar refractivity (Wildman–Crippen MR) is 196 cm³/mol. The Kier molecular flexibility index (Phi) is 10.6. The molecule has 0 radical (unpaired) electrons. The smallest absolute Gasteiger partial charge is 0.408 e. The van der Waals surface area contributed by atoms with E-state index >= 15 is 0 Å². The molecule has 0 saturated carbocycles. The standard InChI is InChI=1S/C38H49F2N5O6Si/c1-12-48-32(46)24-14-13-15-29(49-34(39)40)30(24)28-19-26(44-35(47)50-36(2,3)4)31-43-25-17-16-22(18-27(25)45(28)31)23-20-41-33(42-21-23)38(8,9)51-52(10,11)37(5,6)7/h13-18,20-21,26,28,34H,12,19H2,1-11H3,(H,44,47)/t26-,28?/m1/s1. The zero-order valence-electron chi connectivity index (χ0n) is 31.8. The van der Waals surface area contributed by atoms with E-state index < -0.39 is 50.3 Å². The Bertz CT molecular complexity index is 1950. The molecule has 52 heavy (non-hydrogen) atoms. The maximum Gasteiger partial charge on any atom is 0.408 e. The Hall–Kier alpha value is -4.43. The summed E-state index contributed by atoms with van der Waals surface area (Å²) in [5, 5.41) is 2.91. The Balaban J connectivity index is 1.62. The zero-order valence-corrected chi connectivity index (χ0v) is 32.8. The van der Waals surface area contributed by atoms with Crippen LogP contribution in [0.2, 0.25) is 18.1 Å². The minimum atomic E-state index is -3.15. The van der Waals surface area contributed by atoms with Gasteiger partial charge in [-0.1, -0.05) is 32.9 Å². The molecular weight excluding hydrogens is 689 g/mol. The molecule has 1 aliphatic heterocycles. The van der Waals surface area contributed by atoms with Gasteiger partial charge in [0, 0.05) is 29.9 Å². The van der Waals surface area contributed by atoms with Crippen LogP contribution in [0.5, 0.6) is 5.75 Å². The van der Waals surface area contributed by atoms with Crippen molar-refractivity contribution in [2.24, 2.45) is 0 Å². The number of aromatic nitrogens is 4. The van der Waals surface area contributed by atoms with Crippen LogP contribution in [-0.2, 0) is 19.5 Å². The highest BCUT2D eigenvalue weighted by molar-refractivity contribution is 6.74. The minimum absolute atomic E-state index is 0.00752. The van der Waals surface area contributed by atoms with Crippen LogP contribution in [0.4, 0.5) is 13.6 Å². The van der Waals surface area contributed by atoms with E-state index in [2.05, 4.69) is 39.2 Å². The summed E-state index contributed by atoms with van der Waals surface area (Å²) < 4.78 is 52.0. The van der Waals surface area contributed by atoms with Gasteiger partial charge >= 0.3 is 18.7 Å². The molecule has 1 unspecified atom stereocenters. The third kappa shape index (κ3) is 8.12. The first-order valence-corrected chi connectivity index (χ1v) is 20.3. The topological polar surface area (TPSA) is 127 Å². The second-order valence-corrected chi connectivity index (χ2v) is 20.7. The summed E-state index contributed by atoms with van der Waals surface area (Å²) in [6.07, 6.45) is 2.99. The minimum Gasteiger partial charge on any atom is -0.462 e. The number of alkyl halides is 2. The summed E-state index contributed by atoms with van der Waals surface area (Å²) >= 11 is 0. The van der Waals surface area contributed by atoms with Crippen molar-refractivity contribution in [3.05, 3.63) is 71.6 Å². The molecule has 0 bridgehead atoms. The number of imidazole rings is 1. The lowest BCUT2D eigenvalue weighted by Crippen LogP contribution is -2.46. The van der Waals surface area contributed by atoms with E-state index in [1.807, 2.05) is 36.6 Å². The molecule has 1 N–H and O–H groups in total. The number of alkyl carbamates (subject to hydrolysis) is 1. The molecule has 280 valence electrons. The van der Waals surface area contributed by atoms with Gasteiger partial charge in [0.1, 0.15) is 22.8 Å². The highest BCUT2D eigenvalue weighted by Gasteiger charge is 2.43. The molecule has 3 heterocycles. The second-order valence-electron chi connectivity index (χ2n) is 16.0. The Morgan fingerprint density at radius 2 is 1.67 bits per heavy atom. The molecule has 11 nitrogen and oxygen atoms in total.